The van der Waals surface area contributed by atoms with Crippen LogP contribution in [0.4, 0.5) is 4.39 Å². The third-order valence-corrected chi connectivity index (χ3v) is 7.15. The summed E-state index contributed by atoms with van der Waals surface area (Å²) in [5.41, 5.74) is 4.43. The Morgan fingerprint density at radius 1 is 0.762 bits per heavy atom. The molecule has 5 rings (SSSR count). The summed E-state index contributed by atoms with van der Waals surface area (Å²) in [4.78, 5) is 32.1. The van der Waals surface area contributed by atoms with Gasteiger partial charge in [-0.2, -0.15) is 0 Å². The fourth-order valence-electron chi connectivity index (χ4n) is 4.99. The van der Waals surface area contributed by atoms with E-state index in [1.165, 1.54) is 12.1 Å². The summed E-state index contributed by atoms with van der Waals surface area (Å²) in [7, 11) is 0. The Kier molecular flexibility index (Phi) is 8.79. The molecule has 1 aliphatic rings. The maximum Gasteiger partial charge on any atom is 0.337 e. The zero-order chi connectivity index (χ0) is 29.6. The van der Waals surface area contributed by atoms with Crippen molar-refractivity contribution in [1.82, 2.24) is 10.3 Å². The highest BCUT2D eigenvalue weighted by Crippen LogP contribution is 2.46. The molecule has 0 saturated carbocycles. The number of rotatable bonds is 8. The van der Waals surface area contributed by atoms with Crippen molar-refractivity contribution >= 4 is 34.9 Å². The SMILES string of the molecule is CCOC(=O)C1=C(c2ccccc2)NC(c2ccccc2)=C(C(=O)OCC)C1c1cc(-c2ccc(F)cc2)cnc1Cl. The van der Waals surface area contributed by atoms with Crippen LogP contribution in [0.3, 0.4) is 0 Å². The molecule has 0 spiro atoms. The highest BCUT2D eigenvalue weighted by Gasteiger charge is 2.42. The third-order valence-electron chi connectivity index (χ3n) is 6.84. The molecule has 1 aliphatic heterocycles. The van der Waals surface area contributed by atoms with E-state index in [9.17, 15) is 14.0 Å². The van der Waals surface area contributed by atoms with Gasteiger partial charge < -0.3 is 14.8 Å². The number of nitrogens with zero attached hydrogens (tertiary/aromatic N) is 1. The molecule has 0 aliphatic carbocycles. The standard InChI is InChI=1S/C34H28ClFN2O4/c1-3-41-33(39)28-27(26-19-24(20-37-32(26)35)21-15-17-25(36)18-16-21)29(34(40)42-4-2)31(23-13-9-6-10-14-23)38-30(28)22-11-7-5-8-12-22/h5-20,27,38H,3-4H2,1-2H3. The number of pyridine rings is 1. The highest BCUT2D eigenvalue weighted by atomic mass is 35.5. The Hall–Kier alpha value is -4.75. The molecule has 8 heteroatoms. The van der Waals surface area contributed by atoms with Crippen LogP contribution in [0.2, 0.25) is 5.15 Å². The maximum atomic E-state index is 13.8. The van der Waals surface area contributed by atoms with Crippen LogP contribution in [-0.2, 0) is 19.1 Å². The van der Waals surface area contributed by atoms with Gasteiger partial charge in [0, 0.05) is 17.3 Å². The van der Waals surface area contributed by atoms with E-state index < -0.39 is 17.9 Å². The van der Waals surface area contributed by atoms with Crippen molar-refractivity contribution in [2.75, 3.05) is 13.2 Å². The summed E-state index contributed by atoms with van der Waals surface area (Å²) < 4.78 is 24.8. The summed E-state index contributed by atoms with van der Waals surface area (Å²) in [5.74, 6) is -2.63. The van der Waals surface area contributed by atoms with Gasteiger partial charge in [-0.05, 0) is 48.7 Å². The lowest BCUT2D eigenvalue weighted by Gasteiger charge is -2.33. The number of hydrogen-bond donors (Lipinski definition) is 1. The van der Waals surface area contributed by atoms with Crippen molar-refractivity contribution < 1.29 is 23.5 Å². The van der Waals surface area contributed by atoms with Gasteiger partial charge in [0.15, 0.2) is 0 Å². The molecule has 1 N–H and O–H groups in total. The lowest BCUT2D eigenvalue weighted by Crippen LogP contribution is -2.33. The molecule has 0 unspecified atom stereocenters. The summed E-state index contributed by atoms with van der Waals surface area (Å²) in [6.45, 7) is 3.66. The highest BCUT2D eigenvalue weighted by molar-refractivity contribution is 6.30. The van der Waals surface area contributed by atoms with E-state index in [-0.39, 0.29) is 35.3 Å². The first-order valence-electron chi connectivity index (χ1n) is 13.5. The molecule has 0 amide bonds. The quantitative estimate of drug-likeness (QED) is 0.175. The minimum absolute atomic E-state index is 0.0937. The normalized spacial score (nSPS) is 13.5. The second-order valence-corrected chi connectivity index (χ2v) is 9.78. The van der Waals surface area contributed by atoms with Crippen LogP contribution in [0.5, 0.6) is 0 Å². The molecule has 0 atom stereocenters. The topological polar surface area (TPSA) is 77.5 Å². The van der Waals surface area contributed by atoms with Crippen molar-refractivity contribution in [1.29, 1.82) is 0 Å². The number of nitrogens with one attached hydrogen (secondary N) is 1. The number of carbonyl (C=O) groups is 2. The predicted molar refractivity (Wildman–Crippen MR) is 161 cm³/mol. The average molecular weight is 583 g/mol. The van der Waals surface area contributed by atoms with E-state index in [1.54, 1.807) is 38.2 Å². The molecule has 0 fully saturated rings. The molecule has 0 radical (unpaired) electrons. The molecule has 0 bridgehead atoms. The van der Waals surface area contributed by atoms with Crippen LogP contribution >= 0.6 is 11.6 Å². The van der Waals surface area contributed by atoms with E-state index in [0.29, 0.717) is 39.2 Å². The summed E-state index contributed by atoms with van der Waals surface area (Å²) >= 11 is 6.78. The largest absolute Gasteiger partial charge is 0.463 e. The first kappa shape index (κ1) is 28.8. The smallest absolute Gasteiger partial charge is 0.337 e. The van der Waals surface area contributed by atoms with Crippen molar-refractivity contribution in [2.45, 2.75) is 19.8 Å². The van der Waals surface area contributed by atoms with Crippen LogP contribution in [0.1, 0.15) is 36.5 Å². The molecule has 2 heterocycles. The molecule has 212 valence electrons. The Balaban J connectivity index is 1.86. The van der Waals surface area contributed by atoms with Gasteiger partial charge in [-0.15, -0.1) is 0 Å². The fourth-order valence-corrected chi connectivity index (χ4v) is 5.21. The van der Waals surface area contributed by atoms with Gasteiger partial charge in [-0.1, -0.05) is 84.4 Å². The Bertz CT molecular complexity index is 1590. The molecule has 0 saturated heterocycles. The number of dihydropyridines is 1. The number of benzene rings is 3. The molecule has 6 nitrogen and oxygen atoms in total. The number of hydrogen-bond acceptors (Lipinski definition) is 6. The van der Waals surface area contributed by atoms with Gasteiger partial charge >= 0.3 is 11.9 Å². The van der Waals surface area contributed by atoms with Gasteiger partial charge in [0.05, 0.1) is 41.7 Å². The van der Waals surface area contributed by atoms with E-state index >= 15 is 0 Å². The van der Waals surface area contributed by atoms with Crippen LogP contribution in [0.15, 0.2) is 108 Å². The number of aromatic nitrogens is 1. The summed E-state index contributed by atoms with van der Waals surface area (Å²) in [6.07, 6.45) is 1.57. The van der Waals surface area contributed by atoms with Gasteiger partial charge in [-0.25, -0.2) is 19.0 Å². The third kappa shape index (κ3) is 5.83. The predicted octanol–water partition coefficient (Wildman–Crippen LogP) is 7.18. The van der Waals surface area contributed by atoms with Crippen LogP contribution in [-0.4, -0.2) is 30.1 Å². The first-order chi connectivity index (χ1) is 20.4. The number of ether oxygens (including phenoxy) is 2. The van der Waals surface area contributed by atoms with Crippen molar-refractivity contribution in [3.63, 3.8) is 0 Å². The van der Waals surface area contributed by atoms with E-state index in [1.807, 2.05) is 60.7 Å². The number of esters is 2. The summed E-state index contributed by atoms with van der Waals surface area (Å²) in [5, 5.41) is 3.48. The maximum absolute atomic E-state index is 13.8. The van der Waals surface area contributed by atoms with Crippen molar-refractivity contribution in [3.8, 4) is 11.1 Å². The Morgan fingerprint density at radius 3 is 1.74 bits per heavy atom. The van der Waals surface area contributed by atoms with E-state index in [0.717, 1.165) is 0 Å². The van der Waals surface area contributed by atoms with Gasteiger partial charge in [0.25, 0.3) is 0 Å². The lowest BCUT2D eigenvalue weighted by molar-refractivity contribution is -0.139. The molecule has 4 aromatic rings. The van der Waals surface area contributed by atoms with Gasteiger partial charge in [-0.3, -0.25) is 0 Å². The molecule has 3 aromatic carbocycles. The second-order valence-electron chi connectivity index (χ2n) is 9.42. The Morgan fingerprint density at radius 2 is 1.26 bits per heavy atom. The first-order valence-corrected chi connectivity index (χ1v) is 13.9. The second kappa shape index (κ2) is 12.8. The number of halogens is 2. The summed E-state index contributed by atoms with van der Waals surface area (Å²) in [6, 6.07) is 26.4. The fraction of sp³-hybridized carbons (Fsp3) is 0.147. The lowest BCUT2D eigenvalue weighted by atomic mass is 9.78. The van der Waals surface area contributed by atoms with Crippen LogP contribution in [0.25, 0.3) is 22.5 Å². The monoisotopic (exact) mass is 582 g/mol. The number of carbonyl (C=O) groups excluding carboxylic acids is 2. The van der Waals surface area contributed by atoms with Gasteiger partial charge in [0.2, 0.25) is 0 Å². The molecular weight excluding hydrogens is 555 g/mol. The Labute approximate surface area is 248 Å². The minimum Gasteiger partial charge on any atom is -0.463 e. The zero-order valence-corrected chi connectivity index (χ0v) is 23.8. The minimum atomic E-state index is -1.02. The van der Waals surface area contributed by atoms with Crippen LogP contribution in [0, 0.1) is 5.82 Å². The van der Waals surface area contributed by atoms with Crippen molar-refractivity contribution in [3.05, 3.63) is 136 Å². The average Bonchev–Trinajstić information content (AvgIpc) is 3.02. The van der Waals surface area contributed by atoms with Crippen molar-refractivity contribution in [2.24, 2.45) is 0 Å². The molecule has 1 aromatic heterocycles. The van der Waals surface area contributed by atoms with Gasteiger partial charge in [0.1, 0.15) is 11.0 Å². The van der Waals surface area contributed by atoms with E-state index in [4.69, 9.17) is 21.1 Å². The van der Waals surface area contributed by atoms with E-state index in [2.05, 4.69) is 10.3 Å². The molecule has 42 heavy (non-hydrogen) atoms. The van der Waals surface area contributed by atoms with Crippen LogP contribution < -0.4 is 5.32 Å². The zero-order valence-electron chi connectivity index (χ0n) is 23.1. The molecular formula is C34H28ClFN2O4.